The average Bonchev–Trinajstić information content (AvgIpc) is 2.37. The Balaban J connectivity index is 3.31. The third-order valence-corrected chi connectivity index (χ3v) is 2.41. The Bertz CT molecular complexity index is 518. The predicted molar refractivity (Wildman–Crippen MR) is 72.4 cm³/mol. The zero-order valence-electron chi connectivity index (χ0n) is 10.2. The van der Waals surface area contributed by atoms with E-state index in [1.54, 1.807) is 17.1 Å². The van der Waals surface area contributed by atoms with Gasteiger partial charge in [0, 0.05) is 19.2 Å². The van der Waals surface area contributed by atoms with E-state index in [4.69, 9.17) is 0 Å². The summed E-state index contributed by atoms with van der Waals surface area (Å²) < 4.78 is 0. The summed E-state index contributed by atoms with van der Waals surface area (Å²) in [4.78, 5) is 22.0. The highest BCUT2D eigenvalue weighted by atomic mass is 16.6. The molecule has 0 aromatic heterocycles. The second-order valence-corrected chi connectivity index (χ2v) is 3.67. The van der Waals surface area contributed by atoms with E-state index in [-0.39, 0.29) is 11.4 Å². The Morgan fingerprint density at radius 2 is 1.68 bits per heavy atom. The maximum absolute atomic E-state index is 11.0. The molecule has 0 unspecified atom stereocenters. The van der Waals surface area contributed by atoms with Gasteiger partial charge in [0.05, 0.1) is 15.9 Å². The standard InChI is InChI=1S/C12H13N3O4/c1-3-7-13(8-4-2)11-6-5-10(14(16)17)9-12(11)15(18)19/h3-6,9H,1-2,7-8H2. The first-order valence-corrected chi connectivity index (χ1v) is 5.40. The summed E-state index contributed by atoms with van der Waals surface area (Å²) in [5.74, 6) is 0. The number of anilines is 1. The van der Waals surface area contributed by atoms with Crippen molar-refractivity contribution in [1.29, 1.82) is 0 Å². The van der Waals surface area contributed by atoms with Crippen LogP contribution in [0.5, 0.6) is 0 Å². The highest BCUT2D eigenvalue weighted by Gasteiger charge is 2.22. The molecule has 100 valence electrons. The lowest BCUT2D eigenvalue weighted by Crippen LogP contribution is -2.24. The fourth-order valence-corrected chi connectivity index (χ4v) is 1.62. The van der Waals surface area contributed by atoms with E-state index in [9.17, 15) is 20.2 Å². The Labute approximate surface area is 109 Å². The number of nitrogens with zero attached hydrogens (tertiary/aromatic N) is 3. The molecule has 0 radical (unpaired) electrons. The molecule has 0 saturated carbocycles. The van der Waals surface area contributed by atoms with E-state index in [1.807, 2.05) is 0 Å². The third-order valence-electron chi connectivity index (χ3n) is 2.41. The van der Waals surface area contributed by atoms with Gasteiger partial charge in [-0.25, -0.2) is 0 Å². The van der Waals surface area contributed by atoms with Gasteiger partial charge in [-0.3, -0.25) is 20.2 Å². The summed E-state index contributed by atoms with van der Waals surface area (Å²) in [6.45, 7) is 7.91. The van der Waals surface area contributed by atoms with Gasteiger partial charge in [-0.1, -0.05) is 12.2 Å². The second kappa shape index (κ2) is 6.29. The fraction of sp³-hybridized carbons (Fsp3) is 0.167. The Morgan fingerprint density at radius 3 is 2.11 bits per heavy atom. The van der Waals surface area contributed by atoms with Gasteiger partial charge in [-0.15, -0.1) is 13.2 Å². The second-order valence-electron chi connectivity index (χ2n) is 3.67. The lowest BCUT2D eigenvalue weighted by atomic mass is 10.2. The molecule has 1 aromatic carbocycles. The monoisotopic (exact) mass is 263 g/mol. The van der Waals surface area contributed by atoms with E-state index in [1.165, 1.54) is 12.1 Å². The first kappa shape index (κ1) is 14.4. The summed E-state index contributed by atoms with van der Waals surface area (Å²) in [5.41, 5.74) is -0.319. The van der Waals surface area contributed by atoms with Crippen LogP contribution in [0.1, 0.15) is 0 Å². The molecule has 0 atom stereocenters. The van der Waals surface area contributed by atoms with Crippen molar-refractivity contribution >= 4 is 17.1 Å². The molecular weight excluding hydrogens is 250 g/mol. The highest BCUT2D eigenvalue weighted by Crippen LogP contribution is 2.31. The first-order chi connectivity index (χ1) is 9.01. The number of nitro groups is 2. The zero-order chi connectivity index (χ0) is 14.4. The maximum Gasteiger partial charge on any atom is 0.299 e. The quantitative estimate of drug-likeness (QED) is 0.428. The molecule has 19 heavy (non-hydrogen) atoms. The molecule has 0 spiro atoms. The maximum atomic E-state index is 11.0. The predicted octanol–water partition coefficient (Wildman–Crippen LogP) is 2.68. The van der Waals surface area contributed by atoms with Gasteiger partial charge in [0.1, 0.15) is 5.69 Å². The minimum atomic E-state index is -0.665. The summed E-state index contributed by atoms with van der Waals surface area (Å²) in [6, 6.07) is 3.55. The molecule has 0 N–H and O–H groups in total. The lowest BCUT2D eigenvalue weighted by molar-refractivity contribution is -0.393. The van der Waals surface area contributed by atoms with Crippen molar-refractivity contribution in [2.45, 2.75) is 0 Å². The average molecular weight is 263 g/mol. The summed E-state index contributed by atoms with van der Waals surface area (Å²) in [7, 11) is 0. The van der Waals surface area contributed by atoms with Crippen LogP contribution in [0.25, 0.3) is 0 Å². The molecule has 0 fully saturated rings. The molecule has 7 heteroatoms. The van der Waals surface area contributed by atoms with E-state index in [2.05, 4.69) is 13.2 Å². The molecule has 0 saturated heterocycles. The van der Waals surface area contributed by atoms with Crippen molar-refractivity contribution in [3.05, 3.63) is 63.7 Å². The summed E-state index contributed by atoms with van der Waals surface area (Å²) >= 11 is 0. The number of non-ortho nitro benzene ring substituents is 1. The molecule has 1 aromatic rings. The van der Waals surface area contributed by atoms with Crippen LogP contribution in [0.4, 0.5) is 17.1 Å². The highest BCUT2D eigenvalue weighted by molar-refractivity contribution is 5.67. The number of nitro benzene ring substituents is 2. The van der Waals surface area contributed by atoms with Gasteiger partial charge in [0.2, 0.25) is 0 Å². The molecule has 0 amide bonds. The normalized spacial score (nSPS) is 9.68. The molecule has 0 aliphatic heterocycles. The van der Waals surface area contributed by atoms with Crippen molar-refractivity contribution in [2.24, 2.45) is 0 Å². The summed E-state index contributed by atoms with van der Waals surface area (Å²) in [5, 5.41) is 21.7. The molecule has 1 rings (SSSR count). The van der Waals surface area contributed by atoms with E-state index in [0.717, 1.165) is 6.07 Å². The summed E-state index contributed by atoms with van der Waals surface area (Å²) in [6.07, 6.45) is 3.18. The Hall–Kier alpha value is -2.70. The molecule has 0 aliphatic rings. The lowest BCUT2D eigenvalue weighted by Gasteiger charge is -2.20. The van der Waals surface area contributed by atoms with Crippen LogP contribution in [0.2, 0.25) is 0 Å². The molecule has 7 nitrogen and oxygen atoms in total. The topological polar surface area (TPSA) is 89.5 Å². The van der Waals surface area contributed by atoms with Crippen LogP contribution in [-0.2, 0) is 0 Å². The minimum Gasteiger partial charge on any atom is -0.359 e. The number of benzene rings is 1. The molecule has 0 heterocycles. The Morgan fingerprint density at radius 1 is 1.11 bits per heavy atom. The van der Waals surface area contributed by atoms with Crippen LogP contribution in [0, 0.1) is 20.2 Å². The molecule has 0 aliphatic carbocycles. The van der Waals surface area contributed by atoms with Gasteiger partial charge in [-0.2, -0.15) is 0 Å². The van der Waals surface area contributed by atoms with Crippen LogP contribution >= 0.6 is 0 Å². The Kier molecular flexibility index (Phi) is 4.76. The van der Waals surface area contributed by atoms with Gasteiger partial charge in [-0.05, 0) is 6.07 Å². The fourth-order valence-electron chi connectivity index (χ4n) is 1.62. The van der Waals surface area contributed by atoms with Gasteiger partial charge in [0.25, 0.3) is 11.4 Å². The van der Waals surface area contributed by atoms with E-state index in [0.29, 0.717) is 18.8 Å². The van der Waals surface area contributed by atoms with Crippen molar-refractivity contribution in [3.8, 4) is 0 Å². The van der Waals surface area contributed by atoms with Crippen LogP contribution in [-0.4, -0.2) is 22.9 Å². The SMILES string of the molecule is C=CCN(CC=C)c1ccc([N+](=O)[O-])cc1[N+](=O)[O-]. The van der Waals surface area contributed by atoms with Gasteiger partial charge < -0.3 is 4.90 Å². The number of hydrogen-bond acceptors (Lipinski definition) is 5. The van der Waals surface area contributed by atoms with Crippen molar-refractivity contribution in [3.63, 3.8) is 0 Å². The zero-order valence-corrected chi connectivity index (χ0v) is 10.2. The molecular formula is C12H13N3O4. The van der Waals surface area contributed by atoms with E-state index >= 15 is 0 Å². The third kappa shape index (κ3) is 3.38. The molecule has 0 bridgehead atoms. The minimum absolute atomic E-state index is 0.301. The van der Waals surface area contributed by atoms with Gasteiger partial charge >= 0.3 is 0 Å². The number of hydrogen-bond donors (Lipinski definition) is 0. The van der Waals surface area contributed by atoms with Crippen molar-refractivity contribution < 1.29 is 9.85 Å². The smallest absolute Gasteiger partial charge is 0.299 e. The largest absolute Gasteiger partial charge is 0.359 e. The van der Waals surface area contributed by atoms with Crippen LogP contribution < -0.4 is 4.90 Å². The van der Waals surface area contributed by atoms with Crippen molar-refractivity contribution in [2.75, 3.05) is 18.0 Å². The van der Waals surface area contributed by atoms with Gasteiger partial charge in [0.15, 0.2) is 0 Å². The van der Waals surface area contributed by atoms with E-state index < -0.39 is 9.85 Å². The van der Waals surface area contributed by atoms with Crippen LogP contribution in [0.15, 0.2) is 43.5 Å². The first-order valence-electron chi connectivity index (χ1n) is 5.40. The van der Waals surface area contributed by atoms with Crippen LogP contribution in [0.3, 0.4) is 0 Å². The number of rotatable bonds is 7. The van der Waals surface area contributed by atoms with Crippen molar-refractivity contribution in [1.82, 2.24) is 0 Å².